The van der Waals surface area contributed by atoms with Crippen molar-refractivity contribution in [2.24, 2.45) is 5.92 Å². The van der Waals surface area contributed by atoms with Gasteiger partial charge in [0.05, 0.1) is 13.2 Å². The van der Waals surface area contributed by atoms with Crippen molar-refractivity contribution in [1.82, 2.24) is 26.0 Å². The zero-order chi connectivity index (χ0) is 26.3. The van der Waals surface area contributed by atoms with Crippen LogP contribution in [0.15, 0.2) is 60.7 Å². The lowest BCUT2D eigenvalue weighted by molar-refractivity contribution is -0.137. The van der Waals surface area contributed by atoms with Gasteiger partial charge in [0.1, 0.15) is 6.04 Å². The van der Waals surface area contributed by atoms with E-state index < -0.39 is 12.1 Å². The summed E-state index contributed by atoms with van der Waals surface area (Å²) in [6.07, 6.45) is 0.363. The van der Waals surface area contributed by atoms with Gasteiger partial charge in [-0.05, 0) is 17.0 Å². The van der Waals surface area contributed by atoms with Crippen molar-refractivity contribution >= 4 is 17.8 Å². The van der Waals surface area contributed by atoms with Gasteiger partial charge in [-0.2, -0.15) is 0 Å². The zero-order valence-corrected chi connectivity index (χ0v) is 21.7. The van der Waals surface area contributed by atoms with Crippen molar-refractivity contribution < 1.29 is 19.1 Å². The molecule has 0 saturated heterocycles. The summed E-state index contributed by atoms with van der Waals surface area (Å²) in [4.78, 5) is 40.3. The van der Waals surface area contributed by atoms with Gasteiger partial charge < -0.3 is 20.3 Å². The first-order valence-electron chi connectivity index (χ1n) is 12.2. The van der Waals surface area contributed by atoms with E-state index in [2.05, 4.69) is 16.1 Å². The summed E-state index contributed by atoms with van der Waals surface area (Å²) in [6, 6.07) is 17.9. The molecule has 2 aromatic carbocycles. The minimum absolute atomic E-state index is 0.112. The maximum Gasteiger partial charge on any atom is 0.329 e. The molecular formula is C27H39N5O4. The van der Waals surface area contributed by atoms with Gasteiger partial charge in [0.15, 0.2) is 0 Å². The van der Waals surface area contributed by atoms with Crippen LogP contribution in [0.25, 0.3) is 0 Å². The number of urea groups is 1. The van der Waals surface area contributed by atoms with Crippen LogP contribution in [0.2, 0.25) is 0 Å². The van der Waals surface area contributed by atoms with E-state index >= 15 is 0 Å². The van der Waals surface area contributed by atoms with Crippen LogP contribution in [-0.4, -0.2) is 74.2 Å². The third-order valence-electron chi connectivity index (χ3n) is 5.35. The fraction of sp³-hybridized carbons (Fsp3) is 0.444. The maximum atomic E-state index is 13.5. The van der Waals surface area contributed by atoms with E-state index in [1.807, 2.05) is 74.5 Å². The number of carbonyl (C=O) groups is 3. The standard InChI is InChI=1S/C27H39N5O4/c1-21(2)19-32(15-16-36-4)26(34)24(17-22-11-7-5-8-12-22)29-25(33)20-31(3)30-27(35)28-18-23-13-9-6-10-14-23/h5-14,21,24H,15-20H2,1-4H3,(H,29,33)(H2,28,30,35)/t24-/m0/s1. The molecule has 0 aliphatic heterocycles. The molecule has 1 atom stereocenters. The third-order valence-corrected chi connectivity index (χ3v) is 5.35. The average Bonchev–Trinajstić information content (AvgIpc) is 2.85. The Morgan fingerprint density at radius 3 is 2.14 bits per heavy atom. The second kappa shape index (κ2) is 15.5. The van der Waals surface area contributed by atoms with Crippen LogP contribution in [0.4, 0.5) is 4.79 Å². The highest BCUT2D eigenvalue weighted by atomic mass is 16.5. The molecule has 196 valence electrons. The van der Waals surface area contributed by atoms with Crippen LogP contribution in [-0.2, 0) is 27.3 Å². The summed E-state index contributed by atoms with van der Waals surface area (Å²) in [5.41, 5.74) is 4.53. The SMILES string of the molecule is COCCN(CC(C)C)C(=O)[C@H](Cc1ccccc1)NC(=O)CN(C)NC(=O)NCc1ccccc1. The molecule has 0 heterocycles. The Balaban J connectivity index is 1.98. The first-order valence-corrected chi connectivity index (χ1v) is 12.2. The molecule has 3 N–H and O–H groups in total. The number of likely N-dealkylation sites (N-methyl/N-ethyl adjacent to an activating group) is 1. The van der Waals surface area contributed by atoms with Gasteiger partial charge >= 0.3 is 6.03 Å². The van der Waals surface area contributed by atoms with Crippen LogP contribution in [0.3, 0.4) is 0 Å². The maximum absolute atomic E-state index is 13.5. The minimum Gasteiger partial charge on any atom is -0.383 e. The van der Waals surface area contributed by atoms with E-state index in [0.29, 0.717) is 32.7 Å². The Morgan fingerprint density at radius 2 is 1.56 bits per heavy atom. The van der Waals surface area contributed by atoms with Crippen LogP contribution in [0.5, 0.6) is 0 Å². The second-order valence-electron chi connectivity index (χ2n) is 9.12. The van der Waals surface area contributed by atoms with E-state index in [-0.39, 0.29) is 24.3 Å². The highest BCUT2D eigenvalue weighted by molar-refractivity contribution is 5.88. The van der Waals surface area contributed by atoms with Crippen LogP contribution >= 0.6 is 0 Å². The number of ether oxygens (including phenoxy) is 1. The lowest BCUT2D eigenvalue weighted by Gasteiger charge is -2.29. The highest BCUT2D eigenvalue weighted by Crippen LogP contribution is 2.09. The van der Waals surface area contributed by atoms with Gasteiger partial charge in [-0.15, -0.1) is 0 Å². The second-order valence-corrected chi connectivity index (χ2v) is 9.12. The summed E-state index contributed by atoms with van der Waals surface area (Å²) in [5, 5.41) is 7.01. The molecule has 0 radical (unpaired) electrons. The number of rotatable bonds is 14. The van der Waals surface area contributed by atoms with Gasteiger partial charge in [-0.1, -0.05) is 74.5 Å². The summed E-state index contributed by atoms with van der Waals surface area (Å²) >= 11 is 0. The van der Waals surface area contributed by atoms with E-state index in [1.165, 1.54) is 5.01 Å². The van der Waals surface area contributed by atoms with E-state index in [0.717, 1.165) is 11.1 Å². The number of hydrogen-bond donors (Lipinski definition) is 3. The molecule has 2 aromatic rings. The number of nitrogens with zero attached hydrogens (tertiary/aromatic N) is 2. The van der Waals surface area contributed by atoms with Gasteiger partial charge in [0.2, 0.25) is 11.8 Å². The van der Waals surface area contributed by atoms with Gasteiger partial charge in [-0.25, -0.2) is 9.80 Å². The van der Waals surface area contributed by atoms with Crippen molar-refractivity contribution in [3.05, 3.63) is 71.8 Å². The van der Waals surface area contributed by atoms with E-state index in [4.69, 9.17) is 4.74 Å². The Bertz CT molecular complexity index is 940. The smallest absolute Gasteiger partial charge is 0.329 e. The number of amides is 4. The van der Waals surface area contributed by atoms with Gasteiger partial charge in [0.25, 0.3) is 0 Å². The molecule has 0 aliphatic rings. The number of carbonyl (C=O) groups excluding carboxylic acids is 3. The molecule has 9 heteroatoms. The van der Waals surface area contributed by atoms with E-state index in [1.54, 1.807) is 19.1 Å². The summed E-state index contributed by atoms with van der Waals surface area (Å²) in [5.74, 6) is -0.260. The summed E-state index contributed by atoms with van der Waals surface area (Å²) < 4.78 is 5.19. The fourth-order valence-electron chi connectivity index (χ4n) is 3.69. The molecular weight excluding hydrogens is 458 g/mol. The topological polar surface area (TPSA) is 103 Å². The number of nitrogens with one attached hydrogen (secondary N) is 3. The molecule has 0 saturated carbocycles. The predicted octanol–water partition coefficient (Wildman–Crippen LogP) is 2.19. The van der Waals surface area contributed by atoms with Crippen molar-refractivity contribution in [2.45, 2.75) is 32.9 Å². The lowest BCUT2D eigenvalue weighted by Crippen LogP contribution is -2.54. The Kier molecular flexibility index (Phi) is 12.4. The number of methoxy groups -OCH3 is 1. The van der Waals surface area contributed by atoms with Gasteiger partial charge in [-0.3, -0.25) is 15.0 Å². The Labute approximate surface area is 214 Å². The first-order chi connectivity index (χ1) is 17.3. The zero-order valence-electron chi connectivity index (χ0n) is 21.7. The quantitative estimate of drug-likeness (QED) is 0.347. The Hall–Kier alpha value is -3.43. The molecule has 0 unspecified atom stereocenters. The van der Waals surface area contributed by atoms with Gasteiger partial charge in [0, 0.05) is 40.2 Å². The third kappa shape index (κ3) is 10.9. The van der Waals surface area contributed by atoms with Crippen molar-refractivity contribution in [2.75, 3.05) is 40.4 Å². The molecule has 0 aromatic heterocycles. The van der Waals surface area contributed by atoms with Crippen molar-refractivity contribution in [1.29, 1.82) is 0 Å². The van der Waals surface area contributed by atoms with E-state index in [9.17, 15) is 14.4 Å². The summed E-state index contributed by atoms with van der Waals surface area (Å²) in [6.45, 7) is 5.76. The van der Waals surface area contributed by atoms with Crippen molar-refractivity contribution in [3.8, 4) is 0 Å². The molecule has 9 nitrogen and oxygen atoms in total. The fourth-order valence-corrected chi connectivity index (χ4v) is 3.69. The molecule has 36 heavy (non-hydrogen) atoms. The molecule has 4 amide bonds. The molecule has 0 aliphatic carbocycles. The number of hydrogen-bond acceptors (Lipinski definition) is 5. The Morgan fingerprint density at radius 1 is 0.944 bits per heavy atom. The van der Waals surface area contributed by atoms with Crippen LogP contribution in [0, 0.1) is 5.92 Å². The van der Waals surface area contributed by atoms with Crippen LogP contribution < -0.4 is 16.1 Å². The average molecular weight is 498 g/mol. The molecule has 0 fully saturated rings. The van der Waals surface area contributed by atoms with Crippen LogP contribution in [0.1, 0.15) is 25.0 Å². The van der Waals surface area contributed by atoms with Crippen molar-refractivity contribution in [3.63, 3.8) is 0 Å². The highest BCUT2D eigenvalue weighted by Gasteiger charge is 2.27. The predicted molar refractivity (Wildman–Crippen MR) is 140 cm³/mol. The lowest BCUT2D eigenvalue weighted by atomic mass is 10.0. The first kappa shape index (κ1) is 28.8. The number of hydrazine groups is 1. The minimum atomic E-state index is -0.740. The molecule has 0 spiro atoms. The molecule has 0 bridgehead atoms. The monoisotopic (exact) mass is 497 g/mol. The number of benzene rings is 2. The summed E-state index contributed by atoms with van der Waals surface area (Å²) in [7, 11) is 3.19. The normalized spacial score (nSPS) is 11.7. The largest absolute Gasteiger partial charge is 0.383 e. The molecule has 2 rings (SSSR count).